The highest BCUT2D eigenvalue weighted by Crippen LogP contribution is 2.30. The van der Waals surface area contributed by atoms with E-state index >= 15 is 0 Å². The van der Waals surface area contributed by atoms with E-state index in [1.54, 1.807) is 16.9 Å². The Labute approximate surface area is 154 Å². The minimum atomic E-state index is -3.58. The number of nitrogens with one attached hydrogen (secondary N) is 1. The molecule has 0 amide bonds. The van der Waals surface area contributed by atoms with Crippen LogP contribution < -0.4 is 4.72 Å². The molecule has 0 radical (unpaired) electrons. The second-order valence-electron chi connectivity index (χ2n) is 7.25. The zero-order valence-corrected chi connectivity index (χ0v) is 15.8. The lowest BCUT2D eigenvalue weighted by Gasteiger charge is -2.31. The standard InChI is InChI=1S/C19H25N3O3S/c1-22-13-16(12-20-22)19-18(7-4-10-25-19)21-26(23,24)17-9-8-14-5-2-3-6-15(14)11-17/h8-9,11-13,18-19,21H,2-7,10H2,1H3/t18-,19+/m0/s1. The fourth-order valence-electron chi connectivity index (χ4n) is 3.96. The fraction of sp³-hybridized carbons (Fsp3) is 0.526. The summed E-state index contributed by atoms with van der Waals surface area (Å²) in [5.74, 6) is 0. The lowest BCUT2D eigenvalue weighted by Crippen LogP contribution is -2.42. The second kappa shape index (κ2) is 7.13. The minimum Gasteiger partial charge on any atom is -0.372 e. The molecule has 0 bridgehead atoms. The highest BCUT2D eigenvalue weighted by molar-refractivity contribution is 7.89. The predicted octanol–water partition coefficient (Wildman–Crippen LogP) is 2.50. The first-order chi connectivity index (χ1) is 12.5. The molecule has 4 rings (SSSR count). The summed E-state index contributed by atoms with van der Waals surface area (Å²) >= 11 is 0. The van der Waals surface area contributed by atoms with Crippen LogP contribution in [-0.2, 0) is 34.6 Å². The van der Waals surface area contributed by atoms with Gasteiger partial charge in [-0.15, -0.1) is 0 Å². The van der Waals surface area contributed by atoms with E-state index in [0.717, 1.165) is 37.7 Å². The minimum absolute atomic E-state index is 0.283. The van der Waals surface area contributed by atoms with Crippen molar-refractivity contribution in [3.63, 3.8) is 0 Å². The Morgan fingerprint density at radius 3 is 2.77 bits per heavy atom. The van der Waals surface area contributed by atoms with Crippen molar-refractivity contribution in [1.82, 2.24) is 14.5 Å². The van der Waals surface area contributed by atoms with E-state index in [1.807, 2.05) is 25.4 Å². The largest absolute Gasteiger partial charge is 0.372 e. The number of nitrogens with zero attached hydrogens (tertiary/aromatic N) is 2. The summed E-state index contributed by atoms with van der Waals surface area (Å²) in [5, 5.41) is 4.19. The first kappa shape index (κ1) is 17.7. The summed E-state index contributed by atoms with van der Waals surface area (Å²) in [4.78, 5) is 0.355. The smallest absolute Gasteiger partial charge is 0.240 e. The van der Waals surface area contributed by atoms with Gasteiger partial charge in [-0.05, 0) is 61.8 Å². The fourth-order valence-corrected chi connectivity index (χ4v) is 5.28. The zero-order valence-electron chi connectivity index (χ0n) is 15.0. The average Bonchev–Trinajstić information content (AvgIpc) is 3.07. The van der Waals surface area contributed by atoms with Gasteiger partial charge in [-0.3, -0.25) is 4.68 Å². The van der Waals surface area contributed by atoms with Crippen molar-refractivity contribution in [2.24, 2.45) is 7.05 Å². The molecule has 0 saturated carbocycles. The van der Waals surface area contributed by atoms with Gasteiger partial charge in [-0.25, -0.2) is 13.1 Å². The maximum atomic E-state index is 13.0. The normalized spacial score (nSPS) is 23.6. The van der Waals surface area contributed by atoms with Crippen LogP contribution in [0.5, 0.6) is 0 Å². The number of rotatable bonds is 4. The summed E-state index contributed by atoms with van der Waals surface area (Å²) in [6, 6.07) is 5.27. The van der Waals surface area contributed by atoms with Gasteiger partial charge in [0.1, 0.15) is 6.10 Å². The molecule has 0 unspecified atom stereocenters. The van der Waals surface area contributed by atoms with E-state index in [4.69, 9.17) is 4.74 Å². The Morgan fingerprint density at radius 2 is 2.00 bits per heavy atom. The maximum Gasteiger partial charge on any atom is 0.240 e. The molecule has 6 nitrogen and oxygen atoms in total. The van der Waals surface area contributed by atoms with Crippen molar-refractivity contribution in [3.8, 4) is 0 Å². The molecule has 26 heavy (non-hydrogen) atoms. The van der Waals surface area contributed by atoms with Gasteiger partial charge >= 0.3 is 0 Å². The molecule has 2 aromatic rings. The molecular formula is C19H25N3O3S. The molecule has 1 aliphatic carbocycles. The van der Waals surface area contributed by atoms with Crippen LogP contribution in [0.2, 0.25) is 0 Å². The van der Waals surface area contributed by atoms with Crippen LogP contribution in [0.1, 0.15) is 48.5 Å². The lowest BCUT2D eigenvalue weighted by molar-refractivity contribution is -0.00446. The van der Waals surface area contributed by atoms with Crippen LogP contribution >= 0.6 is 0 Å². The third-order valence-corrected chi connectivity index (χ3v) is 6.80. The quantitative estimate of drug-likeness (QED) is 0.891. The summed E-state index contributed by atoms with van der Waals surface area (Å²) < 4.78 is 36.4. The topological polar surface area (TPSA) is 73.2 Å². The van der Waals surface area contributed by atoms with Gasteiger partial charge < -0.3 is 4.74 Å². The number of aromatic nitrogens is 2. The number of benzene rings is 1. The summed E-state index contributed by atoms with van der Waals surface area (Å²) in [6.07, 6.45) is 9.24. The maximum absolute atomic E-state index is 13.0. The van der Waals surface area contributed by atoms with E-state index in [-0.39, 0.29) is 12.1 Å². The molecule has 1 saturated heterocycles. The van der Waals surface area contributed by atoms with Gasteiger partial charge in [0.25, 0.3) is 0 Å². The SMILES string of the molecule is Cn1cc([C@H]2OCCC[C@@H]2NS(=O)(=O)c2ccc3c(c2)CCCC3)cn1. The molecule has 1 aromatic heterocycles. The van der Waals surface area contributed by atoms with E-state index < -0.39 is 10.0 Å². The predicted molar refractivity (Wildman–Crippen MR) is 98.3 cm³/mol. The van der Waals surface area contributed by atoms with Gasteiger partial charge in [-0.2, -0.15) is 5.10 Å². The van der Waals surface area contributed by atoms with E-state index in [2.05, 4.69) is 9.82 Å². The Kier molecular flexibility index (Phi) is 4.86. The van der Waals surface area contributed by atoms with Crippen molar-refractivity contribution < 1.29 is 13.2 Å². The van der Waals surface area contributed by atoms with Crippen LogP contribution in [0.25, 0.3) is 0 Å². The molecule has 7 heteroatoms. The molecule has 0 spiro atoms. The lowest BCUT2D eigenvalue weighted by atomic mass is 9.92. The second-order valence-corrected chi connectivity index (χ2v) is 8.96. The molecule has 1 aliphatic heterocycles. The van der Waals surface area contributed by atoms with Gasteiger partial charge in [0, 0.05) is 25.4 Å². The monoisotopic (exact) mass is 375 g/mol. The molecule has 1 aromatic carbocycles. The number of aryl methyl sites for hydroxylation is 3. The third-order valence-electron chi connectivity index (χ3n) is 5.31. The molecule has 2 heterocycles. The summed E-state index contributed by atoms with van der Waals surface area (Å²) in [5.41, 5.74) is 3.36. The summed E-state index contributed by atoms with van der Waals surface area (Å²) in [7, 11) is -1.74. The van der Waals surface area contributed by atoms with E-state index in [9.17, 15) is 8.42 Å². The molecular weight excluding hydrogens is 350 g/mol. The Bertz CT molecular complexity index is 891. The van der Waals surface area contributed by atoms with Gasteiger partial charge in [0.2, 0.25) is 10.0 Å². The van der Waals surface area contributed by atoms with Crippen molar-refractivity contribution in [2.75, 3.05) is 6.61 Å². The van der Waals surface area contributed by atoms with Gasteiger partial charge in [0.05, 0.1) is 17.1 Å². The molecule has 2 atom stereocenters. The zero-order chi connectivity index (χ0) is 18.1. The van der Waals surface area contributed by atoms with Crippen molar-refractivity contribution in [3.05, 3.63) is 47.3 Å². The van der Waals surface area contributed by atoms with Crippen molar-refractivity contribution in [1.29, 1.82) is 0 Å². The average molecular weight is 375 g/mol. The van der Waals surface area contributed by atoms with Crippen LogP contribution in [0.3, 0.4) is 0 Å². The molecule has 1 N–H and O–H groups in total. The van der Waals surface area contributed by atoms with Crippen LogP contribution in [0, 0.1) is 0 Å². The Balaban J connectivity index is 1.57. The van der Waals surface area contributed by atoms with E-state index in [0.29, 0.717) is 11.5 Å². The first-order valence-corrected chi connectivity index (χ1v) is 10.8. The number of hydrogen-bond acceptors (Lipinski definition) is 4. The molecule has 1 fully saturated rings. The molecule has 2 aliphatic rings. The van der Waals surface area contributed by atoms with Crippen LogP contribution in [0.4, 0.5) is 0 Å². The van der Waals surface area contributed by atoms with Crippen molar-refractivity contribution in [2.45, 2.75) is 55.6 Å². The Morgan fingerprint density at radius 1 is 1.19 bits per heavy atom. The van der Waals surface area contributed by atoms with E-state index in [1.165, 1.54) is 17.5 Å². The van der Waals surface area contributed by atoms with Crippen LogP contribution in [0.15, 0.2) is 35.5 Å². The number of hydrogen-bond donors (Lipinski definition) is 1. The highest BCUT2D eigenvalue weighted by Gasteiger charge is 2.32. The van der Waals surface area contributed by atoms with Gasteiger partial charge in [-0.1, -0.05) is 6.07 Å². The Hall–Kier alpha value is -1.70. The summed E-state index contributed by atoms with van der Waals surface area (Å²) in [6.45, 7) is 0.636. The number of fused-ring (bicyclic) bond motifs is 1. The number of sulfonamides is 1. The van der Waals surface area contributed by atoms with Gasteiger partial charge in [0.15, 0.2) is 0 Å². The number of ether oxygens (including phenoxy) is 1. The highest BCUT2D eigenvalue weighted by atomic mass is 32.2. The van der Waals surface area contributed by atoms with Crippen molar-refractivity contribution >= 4 is 10.0 Å². The third kappa shape index (κ3) is 3.56. The van der Waals surface area contributed by atoms with Crippen LogP contribution in [-0.4, -0.2) is 30.8 Å². The molecule has 140 valence electrons. The first-order valence-electron chi connectivity index (χ1n) is 9.27.